The normalized spacial score (nSPS) is 11.7. The molecule has 0 aliphatic heterocycles. The molecule has 0 fully saturated rings. The van der Waals surface area contributed by atoms with Crippen molar-refractivity contribution in [2.24, 2.45) is 0 Å². The summed E-state index contributed by atoms with van der Waals surface area (Å²) in [5.41, 5.74) is 7.81. The number of aromatic nitrogens is 2. The van der Waals surface area contributed by atoms with Gasteiger partial charge in [-0.25, -0.2) is 14.8 Å². The standard InChI is InChI=1S/C37H38N4O5/c1-4-7-34-39-35-25(3)18-29(36(43)38-30(22-40(46)23-42)19-26-12-10-24(2)11-13-26)20-33(35)41(34)21-27-14-16-28(17-15-27)31-8-5-6-9-32(31)37(44)45/h5-6,8-18,20,23,30,46H,4,7,19,21-22H2,1-3H3,(H,38,43)(H,44,45)/t30-/m1/s1. The van der Waals surface area contributed by atoms with Gasteiger partial charge in [0.05, 0.1) is 29.2 Å². The van der Waals surface area contributed by atoms with E-state index < -0.39 is 12.0 Å². The number of nitrogens with one attached hydrogen (secondary N) is 1. The Morgan fingerprint density at radius 3 is 2.35 bits per heavy atom. The van der Waals surface area contributed by atoms with E-state index >= 15 is 0 Å². The maximum atomic E-state index is 13.6. The number of benzene rings is 4. The van der Waals surface area contributed by atoms with E-state index in [1.807, 2.05) is 80.6 Å². The summed E-state index contributed by atoms with van der Waals surface area (Å²) in [7, 11) is 0. The summed E-state index contributed by atoms with van der Waals surface area (Å²) < 4.78 is 2.13. The van der Waals surface area contributed by atoms with Crippen molar-refractivity contribution >= 4 is 29.3 Å². The molecule has 0 spiro atoms. The number of hydrogen-bond donors (Lipinski definition) is 3. The highest BCUT2D eigenvalue weighted by Gasteiger charge is 2.20. The van der Waals surface area contributed by atoms with Gasteiger partial charge in [-0.1, -0.05) is 79.2 Å². The van der Waals surface area contributed by atoms with E-state index in [-0.39, 0.29) is 18.0 Å². The summed E-state index contributed by atoms with van der Waals surface area (Å²) in [6.07, 6.45) is 2.42. The van der Waals surface area contributed by atoms with E-state index in [9.17, 15) is 24.7 Å². The summed E-state index contributed by atoms with van der Waals surface area (Å²) in [5, 5.41) is 23.1. The molecule has 3 N–H and O–H groups in total. The third kappa shape index (κ3) is 7.33. The molecule has 0 unspecified atom stereocenters. The van der Waals surface area contributed by atoms with Crippen molar-refractivity contribution in [3.63, 3.8) is 0 Å². The number of carbonyl (C=O) groups excluding carboxylic acids is 2. The number of carboxylic acids is 1. The highest BCUT2D eigenvalue weighted by Crippen LogP contribution is 2.27. The molecule has 9 nitrogen and oxygen atoms in total. The van der Waals surface area contributed by atoms with E-state index in [2.05, 4.69) is 16.8 Å². The predicted molar refractivity (Wildman–Crippen MR) is 177 cm³/mol. The second kappa shape index (κ2) is 14.2. The van der Waals surface area contributed by atoms with Crippen molar-refractivity contribution in [1.29, 1.82) is 0 Å². The first kappa shape index (κ1) is 32.1. The minimum Gasteiger partial charge on any atom is -0.478 e. The molecule has 0 saturated heterocycles. The minimum absolute atomic E-state index is 0.0597. The first-order valence-corrected chi connectivity index (χ1v) is 15.4. The lowest BCUT2D eigenvalue weighted by atomic mass is 9.98. The first-order valence-electron chi connectivity index (χ1n) is 15.4. The van der Waals surface area contributed by atoms with Gasteiger partial charge in [0, 0.05) is 18.5 Å². The van der Waals surface area contributed by atoms with Crippen LogP contribution in [-0.2, 0) is 24.2 Å². The largest absolute Gasteiger partial charge is 0.478 e. The number of hydroxylamine groups is 2. The predicted octanol–water partition coefficient (Wildman–Crippen LogP) is 6.21. The van der Waals surface area contributed by atoms with Crippen molar-refractivity contribution in [3.05, 3.63) is 124 Å². The van der Waals surface area contributed by atoms with Crippen LogP contribution >= 0.6 is 0 Å². The van der Waals surface area contributed by atoms with Crippen LogP contribution in [0.5, 0.6) is 0 Å². The van der Waals surface area contributed by atoms with Crippen LogP contribution in [0, 0.1) is 13.8 Å². The maximum absolute atomic E-state index is 13.6. The number of aryl methyl sites for hydroxylation is 3. The number of fused-ring (bicyclic) bond motifs is 1. The lowest BCUT2D eigenvalue weighted by Crippen LogP contribution is -2.44. The van der Waals surface area contributed by atoms with Gasteiger partial charge in [-0.2, -0.15) is 0 Å². The molecule has 1 atom stereocenters. The molecule has 2 amide bonds. The van der Waals surface area contributed by atoms with Gasteiger partial charge < -0.3 is 15.0 Å². The molecular weight excluding hydrogens is 580 g/mol. The van der Waals surface area contributed by atoms with Gasteiger partial charge in [0.15, 0.2) is 0 Å². The van der Waals surface area contributed by atoms with Crippen LogP contribution in [0.1, 0.15) is 62.1 Å². The Bertz CT molecular complexity index is 1860. The van der Waals surface area contributed by atoms with E-state index in [4.69, 9.17) is 4.98 Å². The molecule has 0 bridgehead atoms. The highest BCUT2D eigenvalue weighted by atomic mass is 16.5. The molecule has 4 aromatic carbocycles. The topological polar surface area (TPSA) is 125 Å². The van der Waals surface area contributed by atoms with Crippen molar-refractivity contribution in [2.45, 2.75) is 52.6 Å². The average Bonchev–Trinajstić information content (AvgIpc) is 3.39. The number of imidazole rings is 1. The van der Waals surface area contributed by atoms with Gasteiger partial charge >= 0.3 is 5.97 Å². The van der Waals surface area contributed by atoms with Gasteiger partial charge in [-0.05, 0) is 72.7 Å². The van der Waals surface area contributed by atoms with Crippen LogP contribution in [0.2, 0.25) is 0 Å². The van der Waals surface area contributed by atoms with Crippen LogP contribution in [-0.4, -0.2) is 55.8 Å². The molecular formula is C37H38N4O5. The summed E-state index contributed by atoms with van der Waals surface area (Å²) in [6.45, 7) is 6.49. The zero-order chi connectivity index (χ0) is 32.8. The van der Waals surface area contributed by atoms with Gasteiger partial charge in [0.1, 0.15) is 5.82 Å². The van der Waals surface area contributed by atoms with Gasteiger partial charge in [0.2, 0.25) is 6.41 Å². The van der Waals surface area contributed by atoms with Gasteiger partial charge in [-0.15, -0.1) is 0 Å². The lowest BCUT2D eigenvalue weighted by Gasteiger charge is -2.22. The molecule has 0 aliphatic carbocycles. The number of hydrogen-bond acceptors (Lipinski definition) is 5. The van der Waals surface area contributed by atoms with E-state index in [0.29, 0.717) is 35.6 Å². The van der Waals surface area contributed by atoms with Crippen molar-refractivity contribution in [2.75, 3.05) is 6.54 Å². The van der Waals surface area contributed by atoms with E-state index in [1.165, 1.54) is 0 Å². The summed E-state index contributed by atoms with van der Waals surface area (Å²) in [4.78, 5) is 41.5. The van der Waals surface area contributed by atoms with Gasteiger partial charge in [-0.3, -0.25) is 14.8 Å². The molecule has 5 rings (SSSR count). The lowest BCUT2D eigenvalue weighted by molar-refractivity contribution is -0.150. The Labute approximate surface area is 268 Å². The van der Waals surface area contributed by atoms with Crippen LogP contribution < -0.4 is 5.32 Å². The van der Waals surface area contributed by atoms with Crippen LogP contribution in [0.15, 0.2) is 84.9 Å². The second-order valence-electron chi connectivity index (χ2n) is 11.7. The minimum atomic E-state index is -0.970. The fourth-order valence-corrected chi connectivity index (χ4v) is 5.76. The fourth-order valence-electron chi connectivity index (χ4n) is 5.76. The van der Waals surface area contributed by atoms with Crippen molar-refractivity contribution in [3.8, 4) is 11.1 Å². The molecule has 5 aromatic rings. The number of nitrogens with zero attached hydrogens (tertiary/aromatic N) is 3. The monoisotopic (exact) mass is 618 g/mol. The average molecular weight is 619 g/mol. The van der Waals surface area contributed by atoms with Gasteiger partial charge in [0.25, 0.3) is 5.91 Å². The fraction of sp³-hybridized carbons (Fsp3) is 0.243. The van der Waals surface area contributed by atoms with E-state index in [0.717, 1.165) is 57.5 Å². The Kier molecular flexibility index (Phi) is 9.93. The Hall–Kier alpha value is -5.28. The third-order valence-corrected chi connectivity index (χ3v) is 8.09. The Balaban J connectivity index is 1.45. The molecule has 9 heteroatoms. The number of rotatable bonds is 13. The smallest absolute Gasteiger partial charge is 0.336 e. The number of carboxylic acid groups (broad SMARTS) is 1. The van der Waals surface area contributed by atoms with E-state index in [1.54, 1.807) is 18.2 Å². The van der Waals surface area contributed by atoms with Crippen LogP contribution in [0.3, 0.4) is 0 Å². The number of amides is 2. The van der Waals surface area contributed by atoms with Crippen molar-refractivity contribution < 1.29 is 24.7 Å². The number of carbonyl (C=O) groups is 3. The Morgan fingerprint density at radius 2 is 1.67 bits per heavy atom. The summed E-state index contributed by atoms with van der Waals surface area (Å²) >= 11 is 0. The number of aromatic carboxylic acids is 1. The zero-order valence-corrected chi connectivity index (χ0v) is 26.2. The summed E-state index contributed by atoms with van der Waals surface area (Å²) in [6, 6.07) is 25.8. The molecule has 0 aliphatic rings. The Morgan fingerprint density at radius 1 is 0.978 bits per heavy atom. The SMILES string of the molecule is CCCc1nc2c(C)cc(C(=O)N[C@H](Cc3ccc(C)cc3)CN(O)C=O)cc2n1Cc1ccc(-c2ccccc2C(=O)O)cc1. The first-order chi connectivity index (χ1) is 22.2. The molecule has 0 saturated carbocycles. The maximum Gasteiger partial charge on any atom is 0.336 e. The molecule has 1 aromatic heterocycles. The quantitative estimate of drug-likeness (QED) is 0.0819. The highest BCUT2D eigenvalue weighted by molar-refractivity contribution is 5.99. The third-order valence-electron chi connectivity index (χ3n) is 8.09. The molecule has 1 heterocycles. The van der Waals surface area contributed by atoms with Crippen LogP contribution in [0.25, 0.3) is 22.2 Å². The second-order valence-corrected chi connectivity index (χ2v) is 11.7. The van der Waals surface area contributed by atoms with Crippen molar-refractivity contribution in [1.82, 2.24) is 19.9 Å². The zero-order valence-electron chi connectivity index (χ0n) is 26.2. The molecule has 46 heavy (non-hydrogen) atoms. The molecule has 0 radical (unpaired) electrons. The van der Waals surface area contributed by atoms with Crippen LogP contribution in [0.4, 0.5) is 0 Å². The molecule has 236 valence electrons. The summed E-state index contributed by atoms with van der Waals surface area (Å²) in [5.74, 6) is -0.367.